The summed E-state index contributed by atoms with van der Waals surface area (Å²) in [7, 11) is 0. The number of hydrogen-bond donors (Lipinski definition) is 0. The molecule has 0 radical (unpaired) electrons. The number of benzene rings is 17. The largest absolute Gasteiger partial charge is 0.310 e. The van der Waals surface area contributed by atoms with E-state index in [2.05, 4.69) is 425 Å². The summed E-state index contributed by atoms with van der Waals surface area (Å²) in [5, 5.41) is 9.85. The SMILES string of the molecule is c1ccc(-n2c(-c3ccc(-c4cccc5c4sc4ccccc45)cc3)nc3ccccc32)cc1.c1ccc(N(c2ccc(N(c3ccc(N(c4ccccc4)c4cccc5ccccc45)cc3)c3ccc(N(c4ccccc4)c4cccc5ccccc45)cc3)cc2)c2cccc3ccccc23)cc1. The molecule has 0 fully saturated rings. The van der Waals surface area contributed by atoms with Gasteiger partial charge in [-0.05, 0) is 185 Å². The maximum Gasteiger partial charge on any atom is 0.145 e. The lowest BCUT2D eigenvalue weighted by Gasteiger charge is -2.31. The van der Waals surface area contributed by atoms with Crippen LogP contribution in [0, 0.1) is 0 Å². The molecular formula is C97H68N6S. The zero-order valence-corrected chi connectivity index (χ0v) is 57.7. The van der Waals surface area contributed by atoms with Crippen molar-refractivity contribution in [3.8, 4) is 28.2 Å². The first-order chi connectivity index (χ1) is 51.6. The van der Waals surface area contributed by atoms with Crippen LogP contribution in [0.3, 0.4) is 0 Å². The minimum absolute atomic E-state index is 0.957. The van der Waals surface area contributed by atoms with Crippen molar-refractivity contribution in [3.05, 3.63) is 413 Å². The van der Waals surface area contributed by atoms with E-state index in [1.54, 1.807) is 0 Å². The Morgan fingerprint density at radius 3 is 1.01 bits per heavy atom. The second-order valence-corrected chi connectivity index (χ2v) is 26.9. The van der Waals surface area contributed by atoms with Gasteiger partial charge in [-0.15, -0.1) is 11.3 Å². The van der Waals surface area contributed by atoms with Crippen LogP contribution >= 0.6 is 11.3 Å². The van der Waals surface area contributed by atoms with Crippen molar-refractivity contribution in [1.29, 1.82) is 0 Å². The molecule has 0 atom stereocenters. The van der Waals surface area contributed by atoms with E-state index in [0.29, 0.717) is 0 Å². The van der Waals surface area contributed by atoms with Gasteiger partial charge in [-0.2, -0.15) is 0 Å². The molecule has 0 aliphatic carbocycles. The zero-order valence-electron chi connectivity index (χ0n) is 56.9. The lowest BCUT2D eigenvalue weighted by atomic mass is 10.0. The van der Waals surface area contributed by atoms with Gasteiger partial charge in [-0.3, -0.25) is 4.57 Å². The molecule has 7 heteroatoms. The minimum Gasteiger partial charge on any atom is -0.310 e. The Bertz CT molecular complexity index is 5810. The third kappa shape index (κ3) is 12.0. The highest BCUT2D eigenvalue weighted by Crippen LogP contribution is 2.47. The van der Waals surface area contributed by atoms with Crippen molar-refractivity contribution < 1.29 is 0 Å². The first-order valence-electron chi connectivity index (χ1n) is 35.3. The quantitative estimate of drug-likeness (QED) is 0.102. The first kappa shape index (κ1) is 62.6. The van der Waals surface area contributed by atoms with Gasteiger partial charge >= 0.3 is 0 Å². The van der Waals surface area contributed by atoms with Gasteiger partial charge in [0, 0.05) is 98.8 Å². The molecule has 2 heterocycles. The van der Waals surface area contributed by atoms with Crippen LogP contribution in [-0.2, 0) is 0 Å². The fourth-order valence-corrected chi connectivity index (χ4v) is 16.0. The van der Waals surface area contributed by atoms with Crippen LogP contribution in [0.25, 0.3) is 91.7 Å². The van der Waals surface area contributed by atoms with E-state index in [1.807, 2.05) is 23.5 Å². The van der Waals surface area contributed by atoms with Gasteiger partial charge in [-0.25, -0.2) is 4.98 Å². The molecule has 0 bridgehead atoms. The third-order valence-corrected chi connectivity index (χ3v) is 20.8. The summed E-state index contributed by atoms with van der Waals surface area (Å²) >= 11 is 1.87. The summed E-state index contributed by atoms with van der Waals surface area (Å²) in [6.45, 7) is 0. The second kappa shape index (κ2) is 27.8. The van der Waals surface area contributed by atoms with E-state index in [4.69, 9.17) is 4.98 Å². The summed E-state index contributed by atoms with van der Waals surface area (Å²) in [4.78, 5) is 14.4. The number of fused-ring (bicyclic) bond motifs is 7. The molecule has 0 N–H and O–H groups in total. The smallest absolute Gasteiger partial charge is 0.145 e. The standard InChI is InChI=1S/C66H48N4.C31H20N2S/c1-4-25-52(26-5-1)68(64-34-16-22-49-19-10-13-31-61(49)64)58-43-37-55(38-44-58)67(56-39-45-59(46-40-56)69(53-27-6-2-7-28-53)65-35-17-23-50-20-11-14-32-62(50)65)57-41-47-60(48-42-57)70(54-29-8-3-9-30-54)66-36-18-24-51-21-12-15-33-63(51)66;1-2-9-23(10-3-1)33-28-15-6-5-14-27(28)32-31(33)22-19-17-21(18-20-22)24-12-8-13-26-25-11-4-7-16-29(25)34-30(24)26/h1-48H;1-20H. The Morgan fingerprint density at radius 1 is 0.231 bits per heavy atom. The van der Waals surface area contributed by atoms with Gasteiger partial charge in [-0.1, -0.05) is 255 Å². The number of nitrogens with zero attached hydrogens (tertiary/aromatic N) is 6. The molecule has 6 nitrogen and oxygen atoms in total. The average Bonchev–Trinajstić information content (AvgIpc) is 1.75. The topological polar surface area (TPSA) is 30.8 Å². The lowest BCUT2D eigenvalue weighted by Crippen LogP contribution is -2.14. The highest BCUT2D eigenvalue weighted by Gasteiger charge is 2.23. The number of anilines is 12. The Morgan fingerprint density at radius 2 is 0.558 bits per heavy atom. The lowest BCUT2D eigenvalue weighted by molar-refractivity contribution is 1.10. The van der Waals surface area contributed by atoms with Crippen LogP contribution in [-0.4, -0.2) is 9.55 Å². The van der Waals surface area contributed by atoms with E-state index in [1.165, 1.54) is 63.6 Å². The van der Waals surface area contributed by atoms with E-state index >= 15 is 0 Å². The monoisotopic (exact) mass is 1350 g/mol. The van der Waals surface area contributed by atoms with Gasteiger partial charge in [0.1, 0.15) is 5.82 Å². The average molecular weight is 1350 g/mol. The van der Waals surface area contributed by atoms with Gasteiger partial charge in [0.15, 0.2) is 0 Å². The van der Waals surface area contributed by atoms with Crippen molar-refractivity contribution in [3.63, 3.8) is 0 Å². The molecule has 2 aromatic heterocycles. The molecule has 19 rings (SSSR count). The van der Waals surface area contributed by atoms with E-state index in [9.17, 15) is 0 Å². The van der Waals surface area contributed by atoms with Gasteiger partial charge in [0.05, 0.1) is 28.1 Å². The number of aromatic nitrogens is 2. The number of hydrogen-bond acceptors (Lipinski definition) is 6. The summed E-state index contributed by atoms with van der Waals surface area (Å²) in [6, 6.07) is 147. The molecule has 0 unspecified atom stereocenters. The van der Waals surface area contributed by atoms with Crippen LogP contribution < -0.4 is 19.6 Å². The summed E-state index contributed by atoms with van der Waals surface area (Å²) in [5.41, 5.74) is 19.8. The maximum absolute atomic E-state index is 5.01. The van der Waals surface area contributed by atoms with Crippen LogP contribution in [0.1, 0.15) is 0 Å². The summed E-state index contributed by atoms with van der Waals surface area (Å²) < 4.78 is 4.92. The van der Waals surface area contributed by atoms with Crippen LogP contribution in [0.4, 0.5) is 68.2 Å². The van der Waals surface area contributed by atoms with Crippen LogP contribution in [0.2, 0.25) is 0 Å². The highest BCUT2D eigenvalue weighted by molar-refractivity contribution is 7.26. The first-order valence-corrected chi connectivity index (χ1v) is 36.1. The van der Waals surface area contributed by atoms with E-state index < -0.39 is 0 Å². The predicted molar refractivity (Wildman–Crippen MR) is 443 cm³/mol. The van der Waals surface area contributed by atoms with Crippen molar-refractivity contribution in [1.82, 2.24) is 9.55 Å². The second-order valence-electron chi connectivity index (χ2n) is 25.8. The van der Waals surface area contributed by atoms with E-state index in [0.717, 1.165) is 96.4 Å². The van der Waals surface area contributed by atoms with Crippen molar-refractivity contribution in [2.75, 3.05) is 19.6 Å². The predicted octanol–water partition coefficient (Wildman–Crippen LogP) is 27.8. The molecule has 17 aromatic carbocycles. The fourth-order valence-electron chi connectivity index (χ4n) is 14.8. The number of thiophene rings is 1. The maximum atomic E-state index is 5.01. The molecule has 0 saturated heterocycles. The molecule has 0 aliphatic rings. The molecular weight excluding hydrogens is 1280 g/mol. The van der Waals surface area contributed by atoms with Crippen LogP contribution in [0.5, 0.6) is 0 Å². The van der Waals surface area contributed by atoms with Gasteiger partial charge in [0.25, 0.3) is 0 Å². The molecule has 0 amide bonds. The summed E-state index contributed by atoms with van der Waals surface area (Å²) in [5.74, 6) is 0.957. The Kier molecular flexibility index (Phi) is 16.8. The van der Waals surface area contributed by atoms with Crippen molar-refractivity contribution >= 4 is 143 Å². The molecule has 492 valence electrons. The Balaban J connectivity index is 0.000000188. The minimum atomic E-state index is 0.957. The third-order valence-electron chi connectivity index (χ3n) is 19.6. The Hall–Kier alpha value is -13.6. The van der Waals surface area contributed by atoms with Crippen LogP contribution in [0.15, 0.2) is 413 Å². The van der Waals surface area contributed by atoms with E-state index in [-0.39, 0.29) is 0 Å². The molecule has 0 aliphatic heterocycles. The van der Waals surface area contributed by atoms with Gasteiger partial charge in [0.2, 0.25) is 0 Å². The zero-order chi connectivity index (χ0) is 69.1. The van der Waals surface area contributed by atoms with Gasteiger partial charge < -0.3 is 19.6 Å². The fraction of sp³-hybridized carbons (Fsp3) is 0. The Labute approximate surface area is 609 Å². The van der Waals surface area contributed by atoms with Crippen molar-refractivity contribution in [2.24, 2.45) is 0 Å². The number of imidazole rings is 1. The molecule has 0 saturated carbocycles. The molecule has 19 aromatic rings. The number of para-hydroxylation sites is 6. The normalized spacial score (nSPS) is 11.3. The molecule has 0 spiro atoms. The summed E-state index contributed by atoms with van der Waals surface area (Å²) in [6.07, 6.45) is 0. The number of rotatable bonds is 15. The van der Waals surface area contributed by atoms with Crippen molar-refractivity contribution in [2.45, 2.75) is 0 Å². The molecule has 104 heavy (non-hydrogen) atoms. The highest BCUT2D eigenvalue weighted by atomic mass is 32.1.